The maximum absolute atomic E-state index is 13.3. The molecule has 194 valence electrons. The summed E-state index contributed by atoms with van der Waals surface area (Å²) < 4.78 is 40.2. The zero-order valence-corrected chi connectivity index (χ0v) is 20.1. The van der Waals surface area contributed by atoms with Crippen LogP contribution in [0.15, 0.2) is 104 Å². The van der Waals surface area contributed by atoms with E-state index < -0.39 is 29.7 Å². The first-order valence-electron chi connectivity index (χ1n) is 11.7. The Labute approximate surface area is 217 Å². The van der Waals surface area contributed by atoms with Gasteiger partial charge in [0, 0.05) is 36.8 Å². The van der Waals surface area contributed by atoms with Gasteiger partial charge in [-0.05, 0) is 53.6 Å². The number of carboxylic acid groups (broad SMARTS) is 1. The normalized spacial score (nSPS) is 12.4. The van der Waals surface area contributed by atoms with Crippen LogP contribution in [0.2, 0.25) is 0 Å². The Kier molecular flexibility index (Phi) is 8.06. The molecule has 9 heteroatoms. The fourth-order valence-corrected chi connectivity index (χ4v) is 3.90. The van der Waals surface area contributed by atoms with Crippen molar-refractivity contribution < 1.29 is 27.9 Å². The van der Waals surface area contributed by atoms with E-state index in [0.717, 1.165) is 23.4 Å². The summed E-state index contributed by atoms with van der Waals surface area (Å²) in [6.45, 7) is 0.0329. The second-order valence-electron chi connectivity index (χ2n) is 8.57. The first-order valence-corrected chi connectivity index (χ1v) is 11.7. The lowest BCUT2D eigenvalue weighted by Crippen LogP contribution is -2.46. The molecule has 1 atom stereocenters. The monoisotopic (exact) mass is 519 g/mol. The SMILES string of the molecule is O=C(O)[C@H](Cn1cccc1)N(Cc1ccc(-c2ccccn2)cc1)C(=O)C=Cc1ccc(C(F)(F)F)cc1. The van der Waals surface area contributed by atoms with Crippen LogP contribution in [0.5, 0.6) is 0 Å². The number of aromatic nitrogens is 2. The molecule has 0 spiro atoms. The molecule has 0 fully saturated rings. The molecule has 1 amide bonds. The van der Waals surface area contributed by atoms with Gasteiger partial charge in [0.15, 0.2) is 0 Å². The van der Waals surface area contributed by atoms with Crippen LogP contribution in [0.1, 0.15) is 16.7 Å². The van der Waals surface area contributed by atoms with E-state index in [1.54, 1.807) is 47.4 Å². The molecular formula is C29H24F3N3O3. The number of carbonyl (C=O) groups is 2. The van der Waals surface area contributed by atoms with Crippen molar-refractivity contribution in [1.29, 1.82) is 0 Å². The standard InChI is InChI=1S/C29H24F3N3O3/c30-29(31,32)24-13-8-21(9-14-24)10-15-27(36)35(26(28(37)38)20-34-17-3-4-18-34)19-22-6-11-23(12-7-22)25-5-1-2-16-33-25/h1-18,26H,19-20H2,(H,37,38)/t26-/m0/s1. The fraction of sp³-hybridized carbons (Fsp3) is 0.138. The summed E-state index contributed by atoms with van der Waals surface area (Å²) in [5, 5.41) is 10.0. The Balaban J connectivity index is 1.59. The maximum Gasteiger partial charge on any atom is 0.416 e. The minimum atomic E-state index is -4.46. The number of rotatable bonds is 9. The van der Waals surface area contributed by atoms with E-state index in [-0.39, 0.29) is 13.1 Å². The number of halogens is 3. The van der Waals surface area contributed by atoms with Gasteiger partial charge >= 0.3 is 12.1 Å². The summed E-state index contributed by atoms with van der Waals surface area (Å²) in [6.07, 6.45) is 3.18. The molecule has 2 heterocycles. The fourth-order valence-electron chi connectivity index (χ4n) is 3.90. The van der Waals surface area contributed by atoms with Crippen molar-refractivity contribution in [2.75, 3.05) is 0 Å². The largest absolute Gasteiger partial charge is 0.480 e. The number of benzene rings is 2. The Morgan fingerprint density at radius 3 is 2.21 bits per heavy atom. The van der Waals surface area contributed by atoms with Crippen molar-refractivity contribution in [3.05, 3.63) is 120 Å². The van der Waals surface area contributed by atoms with Crippen LogP contribution >= 0.6 is 0 Å². The molecule has 0 unspecified atom stereocenters. The van der Waals surface area contributed by atoms with Gasteiger partial charge in [-0.1, -0.05) is 42.5 Å². The van der Waals surface area contributed by atoms with Crippen molar-refractivity contribution in [1.82, 2.24) is 14.5 Å². The molecule has 0 aliphatic heterocycles. The molecular weight excluding hydrogens is 495 g/mol. The predicted molar refractivity (Wildman–Crippen MR) is 137 cm³/mol. The summed E-state index contributed by atoms with van der Waals surface area (Å²) in [6, 6.07) is 19.5. The third-order valence-electron chi connectivity index (χ3n) is 5.92. The topological polar surface area (TPSA) is 75.4 Å². The first-order chi connectivity index (χ1) is 18.2. The maximum atomic E-state index is 13.3. The van der Waals surface area contributed by atoms with Gasteiger partial charge in [-0.3, -0.25) is 9.78 Å². The van der Waals surface area contributed by atoms with Gasteiger partial charge in [0.25, 0.3) is 0 Å². The van der Waals surface area contributed by atoms with Gasteiger partial charge in [-0.15, -0.1) is 0 Å². The highest BCUT2D eigenvalue weighted by Crippen LogP contribution is 2.29. The van der Waals surface area contributed by atoms with Crippen LogP contribution in [0.4, 0.5) is 13.2 Å². The van der Waals surface area contributed by atoms with Crippen LogP contribution in [-0.2, 0) is 28.9 Å². The van der Waals surface area contributed by atoms with Crippen LogP contribution in [0, 0.1) is 0 Å². The molecule has 1 N–H and O–H groups in total. The second-order valence-corrected chi connectivity index (χ2v) is 8.57. The number of nitrogens with zero attached hydrogens (tertiary/aromatic N) is 3. The molecule has 0 aliphatic carbocycles. The molecule has 0 saturated carbocycles. The van der Waals surface area contributed by atoms with E-state index >= 15 is 0 Å². The lowest BCUT2D eigenvalue weighted by molar-refractivity contribution is -0.149. The van der Waals surface area contributed by atoms with Crippen LogP contribution < -0.4 is 0 Å². The third-order valence-corrected chi connectivity index (χ3v) is 5.92. The molecule has 2 aromatic carbocycles. The van der Waals surface area contributed by atoms with E-state index in [9.17, 15) is 27.9 Å². The minimum absolute atomic E-state index is 0.0108. The first kappa shape index (κ1) is 26.4. The molecule has 6 nitrogen and oxygen atoms in total. The van der Waals surface area contributed by atoms with Crippen molar-refractivity contribution >= 4 is 18.0 Å². The van der Waals surface area contributed by atoms with Gasteiger partial charge in [-0.25, -0.2) is 4.79 Å². The Bertz CT molecular complexity index is 1380. The molecule has 4 rings (SSSR count). The van der Waals surface area contributed by atoms with E-state index in [0.29, 0.717) is 11.1 Å². The highest BCUT2D eigenvalue weighted by Gasteiger charge is 2.30. The molecule has 0 aliphatic rings. The van der Waals surface area contributed by atoms with Crippen molar-refractivity contribution in [3.8, 4) is 11.3 Å². The van der Waals surface area contributed by atoms with Gasteiger partial charge in [0.2, 0.25) is 5.91 Å². The Morgan fingerprint density at radius 2 is 1.63 bits per heavy atom. The van der Waals surface area contributed by atoms with E-state index in [1.807, 2.05) is 30.3 Å². The summed E-state index contributed by atoms with van der Waals surface area (Å²) in [5.41, 5.74) is 1.94. The zero-order chi connectivity index (χ0) is 27.1. The zero-order valence-electron chi connectivity index (χ0n) is 20.1. The summed E-state index contributed by atoms with van der Waals surface area (Å²) in [5.74, 6) is -1.77. The smallest absolute Gasteiger partial charge is 0.416 e. The molecule has 4 aromatic rings. The Morgan fingerprint density at radius 1 is 0.947 bits per heavy atom. The molecule has 38 heavy (non-hydrogen) atoms. The predicted octanol–water partition coefficient (Wildman–Crippen LogP) is 5.76. The van der Waals surface area contributed by atoms with Crippen LogP contribution in [-0.4, -0.2) is 37.5 Å². The quantitative estimate of drug-likeness (QED) is 0.285. The highest BCUT2D eigenvalue weighted by molar-refractivity contribution is 5.94. The van der Waals surface area contributed by atoms with Gasteiger partial charge in [-0.2, -0.15) is 13.2 Å². The molecule has 0 bridgehead atoms. The highest BCUT2D eigenvalue weighted by atomic mass is 19.4. The summed E-state index contributed by atoms with van der Waals surface area (Å²) in [4.78, 5) is 31.1. The molecule has 2 aromatic heterocycles. The van der Waals surface area contributed by atoms with Gasteiger partial charge < -0.3 is 14.6 Å². The summed E-state index contributed by atoms with van der Waals surface area (Å²) in [7, 11) is 0. The van der Waals surface area contributed by atoms with Crippen molar-refractivity contribution in [2.45, 2.75) is 25.3 Å². The molecule has 0 radical (unpaired) electrons. The average molecular weight is 520 g/mol. The Hall–Kier alpha value is -4.66. The number of carbonyl (C=O) groups excluding carboxylic acids is 1. The van der Waals surface area contributed by atoms with Crippen molar-refractivity contribution in [3.63, 3.8) is 0 Å². The van der Waals surface area contributed by atoms with Gasteiger partial charge in [0.1, 0.15) is 6.04 Å². The van der Waals surface area contributed by atoms with E-state index in [2.05, 4.69) is 4.98 Å². The molecule has 0 saturated heterocycles. The number of pyridine rings is 1. The van der Waals surface area contributed by atoms with E-state index in [4.69, 9.17) is 0 Å². The van der Waals surface area contributed by atoms with E-state index in [1.165, 1.54) is 29.2 Å². The minimum Gasteiger partial charge on any atom is -0.480 e. The van der Waals surface area contributed by atoms with Crippen LogP contribution in [0.25, 0.3) is 17.3 Å². The average Bonchev–Trinajstić information content (AvgIpc) is 3.43. The van der Waals surface area contributed by atoms with Gasteiger partial charge in [0.05, 0.1) is 17.8 Å². The number of amides is 1. The number of hydrogen-bond acceptors (Lipinski definition) is 3. The third kappa shape index (κ3) is 6.76. The van der Waals surface area contributed by atoms with Crippen molar-refractivity contribution in [2.24, 2.45) is 0 Å². The lowest BCUT2D eigenvalue weighted by Gasteiger charge is -2.28. The number of aliphatic carboxylic acids is 1. The summed E-state index contributed by atoms with van der Waals surface area (Å²) >= 11 is 0. The lowest BCUT2D eigenvalue weighted by atomic mass is 10.1. The number of hydrogen-bond donors (Lipinski definition) is 1. The number of alkyl halides is 3. The second kappa shape index (κ2) is 11.6. The number of carboxylic acids is 1. The van der Waals surface area contributed by atoms with Crippen LogP contribution in [0.3, 0.4) is 0 Å².